The van der Waals surface area contributed by atoms with Gasteiger partial charge in [-0.05, 0) is 54.3 Å². The summed E-state index contributed by atoms with van der Waals surface area (Å²) in [5.41, 5.74) is 1.19. The van der Waals surface area contributed by atoms with E-state index in [2.05, 4.69) is 10.3 Å². The van der Waals surface area contributed by atoms with Crippen molar-refractivity contribution in [3.05, 3.63) is 75.8 Å². The summed E-state index contributed by atoms with van der Waals surface area (Å²) in [6, 6.07) is 12.2. The zero-order chi connectivity index (χ0) is 20.1. The van der Waals surface area contributed by atoms with Gasteiger partial charge in [0.1, 0.15) is 11.6 Å². The van der Waals surface area contributed by atoms with Gasteiger partial charge in [-0.15, -0.1) is 0 Å². The van der Waals surface area contributed by atoms with Gasteiger partial charge in [0.2, 0.25) is 5.91 Å². The van der Waals surface area contributed by atoms with E-state index in [4.69, 9.17) is 4.74 Å². The molecule has 144 valence electrons. The maximum atomic E-state index is 12.9. The minimum atomic E-state index is -0.431. The first-order valence-electron chi connectivity index (χ1n) is 8.71. The number of fused-ring (bicyclic) bond motifs is 1. The van der Waals surface area contributed by atoms with Crippen LogP contribution in [-0.2, 0) is 11.2 Å². The Morgan fingerprint density at radius 2 is 1.86 bits per heavy atom. The van der Waals surface area contributed by atoms with Crippen LogP contribution in [0.15, 0.2) is 53.3 Å². The first-order valence-corrected chi connectivity index (χ1v) is 8.71. The first-order chi connectivity index (χ1) is 13.5. The molecule has 1 heterocycles. The molecule has 1 amide bonds. The number of carbonyl (C=O) groups is 2. The zero-order valence-corrected chi connectivity index (χ0v) is 15.3. The lowest BCUT2D eigenvalue weighted by Crippen LogP contribution is -2.30. The predicted molar refractivity (Wildman–Crippen MR) is 103 cm³/mol. The van der Waals surface area contributed by atoms with E-state index in [0.29, 0.717) is 22.4 Å². The third-order valence-corrected chi connectivity index (χ3v) is 4.36. The molecule has 0 spiro atoms. The number of pyridine rings is 1. The lowest BCUT2D eigenvalue weighted by atomic mass is 10.1. The van der Waals surface area contributed by atoms with Crippen molar-refractivity contribution in [3.63, 3.8) is 0 Å². The summed E-state index contributed by atoms with van der Waals surface area (Å²) in [4.78, 5) is 39.0. The number of aromatic amines is 1. The van der Waals surface area contributed by atoms with Crippen molar-refractivity contribution in [1.29, 1.82) is 0 Å². The van der Waals surface area contributed by atoms with E-state index in [1.807, 2.05) is 6.07 Å². The minimum absolute atomic E-state index is 0.0709. The largest absolute Gasteiger partial charge is 0.497 e. The number of amides is 1. The summed E-state index contributed by atoms with van der Waals surface area (Å²) in [5.74, 6) is -0.448. The summed E-state index contributed by atoms with van der Waals surface area (Å²) < 4.78 is 18.0. The number of halogens is 1. The van der Waals surface area contributed by atoms with Crippen molar-refractivity contribution in [2.45, 2.75) is 12.8 Å². The van der Waals surface area contributed by atoms with Crippen LogP contribution in [0.1, 0.15) is 22.3 Å². The SMILES string of the molecule is COc1ccc2cc(CCC(=O)NCC(=O)c3ccc(F)cc3)c(=O)[nH]c2c1. The van der Waals surface area contributed by atoms with E-state index < -0.39 is 5.82 Å². The Morgan fingerprint density at radius 1 is 1.11 bits per heavy atom. The summed E-state index contributed by atoms with van der Waals surface area (Å²) >= 11 is 0. The molecule has 0 aliphatic heterocycles. The summed E-state index contributed by atoms with van der Waals surface area (Å²) in [5, 5.41) is 3.36. The van der Waals surface area contributed by atoms with Gasteiger partial charge in [-0.1, -0.05) is 0 Å². The quantitative estimate of drug-likeness (QED) is 0.615. The number of hydrogen-bond acceptors (Lipinski definition) is 4. The van der Waals surface area contributed by atoms with Crippen LogP contribution in [0.5, 0.6) is 5.75 Å². The second-order valence-corrected chi connectivity index (χ2v) is 6.28. The maximum absolute atomic E-state index is 12.9. The van der Waals surface area contributed by atoms with Crippen LogP contribution in [0.3, 0.4) is 0 Å². The highest BCUT2D eigenvalue weighted by Crippen LogP contribution is 2.18. The lowest BCUT2D eigenvalue weighted by Gasteiger charge is -2.07. The predicted octanol–water partition coefficient (Wildman–Crippen LogP) is 2.61. The first kappa shape index (κ1) is 19.3. The van der Waals surface area contributed by atoms with Crippen LogP contribution in [0.4, 0.5) is 4.39 Å². The maximum Gasteiger partial charge on any atom is 0.251 e. The smallest absolute Gasteiger partial charge is 0.251 e. The Labute approximate surface area is 160 Å². The third kappa shape index (κ3) is 4.62. The van der Waals surface area contributed by atoms with E-state index >= 15 is 0 Å². The molecule has 0 unspecified atom stereocenters. The number of ether oxygens (including phenoxy) is 1. The van der Waals surface area contributed by atoms with E-state index in [1.54, 1.807) is 25.3 Å². The number of carbonyl (C=O) groups excluding carboxylic acids is 2. The number of hydrogen-bond donors (Lipinski definition) is 2. The Balaban J connectivity index is 1.58. The number of H-pyrrole nitrogens is 1. The van der Waals surface area contributed by atoms with Crippen LogP contribution in [-0.4, -0.2) is 30.3 Å². The van der Waals surface area contributed by atoms with Crippen molar-refractivity contribution < 1.29 is 18.7 Å². The topological polar surface area (TPSA) is 88.3 Å². The summed E-state index contributed by atoms with van der Waals surface area (Å²) in [6.07, 6.45) is 0.315. The van der Waals surface area contributed by atoms with Crippen LogP contribution < -0.4 is 15.6 Å². The molecule has 0 aliphatic carbocycles. The minimum Gasteiger partial charge on any atom is -0.497 e. The summed E-state index contributed by atoms with van der Waals surface area (Å²) in [6.45, 7) is -0.182. The standard InChI is InChI=1S/C21H19FN2O4/c1-28-17-8-4-14-10-15(21(27)24-18(14)11-17)5-9-20(26)23-12-19(25)13-2-6-16(22)7-3-13/h2-4,6-8,10-11H,5,9,12H2,1H3,(H,23,26)(H,24,27). The van der Waals surface area contributed by atoms with Gasteiger partial charge in [-0.25, -0.2) is 4.39 Å². The summed E-state index contributed by atoms with van der Waals surface area (Å²) in [7, 11) is 1.55. The van der Waals surface area contributed by atoms with Gasteiger partial charge in [-0.2, -0.15) is 0 Å². The second kappa shape index (κ2) is 8.47. The number of ketones is 1. The molecule has 7 heteroatoms. The zero-order valence-electron chi connectivity index (χ0n) is 15.3. The molecule has 0 fully saturated rings. The van der Waals surface area contributed by atoms with Gasteiger partial charge >= 0.3 is 0 Å². The molecule has 3 rings (SSSR count). The van der Waals surface area contributed by atoms with Gasteiger partial charge in [0, 0.05) is 23.6 Å². The monoisotopic (exact) mass is 382 g/mol. The normalized spacial score (nSPS) is 10.6. The molecule has 0 atom stereocenters. The van der Waals surface area contributed by atoms with Gasteiger partial charge in [-0.3, -0.25) is 14.4 Å². The van der Waals surface area contributed by atoms with Crippen molar-refractivity contribution in [1.82, 2.24) is 10.3 Å². The lowest BCUT2D eigenvalue weighted by molar-refractivity contribution is -0.120. The number of Topliss-reactive ketones (excluding diaryl/α,β-unsaturated/α-hetero) is 1. The van der Waals surface area contributed by atoms with Gasteiger partial charge in [0.05, 0.1) is 19.2 Å². The fraction of sp³-hybridized carbons (Fsp3) is 0.190. The van der Waals surface area contributed by atoms with Crippen molar-refractivity contribution in [2.75, 3.05) is 13.7 Å². The number of benzene rings is 2. The fourth-order valence-corrected chi connectivity index (χ4v) is 2.79. The Kier molecular flexibility index (Phi) is 5.84. The fourth-order valence-electron chi connectivity index (χ4n) is 2.79. The molecule has 1 aromatic heterocycles. The number of aryl methyl sites for hydroxylation is 1. The molecule has 6 nitrogen and oxygen atoms in total. The second-order valence-electron chi connectivity index (χ2n) is 6.28. The number of rotatable bonds is 7. The molecule has 0 bridgehead atoms. The average molecular weight is 382 g/mol. The van der Waals surface area contributed by atoms with Gasteiger partial charge < -0.3 is 15.0 Å². The van der Waals surface area contributed by atoms with E-state index in [1.165, 1.54) is 24.3 Å². The van der Waals surface area contributed by atoms with Gasteiger partial charge in [0.15, 0.2) is 5.78 Å². The van der Waals surface area contributed by atoms with Crippen LogP contribution >= 0.6 is 0 Å². The van der Waals surface area contributed by atoms with Crippen LogP contribution in [0.2, 0.25) is 0 Å². The van der Waals surface area contributed by atoms with E-state index in [9.17, 15) is 18.8 Å². The molecule has 0 aliphatic rings. The Morgan fingerprint density at radius 3 is 2.57 bits per heavy atom. The van der Waals surface area contributed by atoms with E-state index in [0.717, 1.165) is 5.39 Å². The molecule has 0 saturated carbocycles. The van der Waals surface area contributed by atoms with Gasteiger partial charge in [0.25, 0.3) is 5.56 Å². The highest BCUT2D eigenvalue weighted by atomic mass is 19.1. The average Bonchev–Trinajstić information content (AvgIpc) is 2.70. The number of nitrogens with one attached hydrogen (secondary N) is 2. The molecular weight excluding hydrogens is 363 g/mol. The number of aromatic nitrogens is 1. The van der Waals surface area contributed by atoms with Crippen LogP contribution in [0, 0.1) is 5.82 Å². The number of methoxy groups -OCH3 is 1. The Hall–Kier alpha value is -3.48. The molecule has 0 radical (unpaired) electrons. The molecular formula is C21H19FN2O4. The molecule has 28 heavy (non-hydrogen) atoms. The Bertz CT molecular complexity index is 1070. The van der Waals surface area contributed by atoms with Crippen molar-refractivity contribution in [3.8, 4) is 5.75 Å². The third-order valence-electron chi connectivity index (χ3n) is 4.36. The molecule has 3 aromatic rings. The van der Waals surface area contributed by atoms with Crippen molar-refractivity contribution in [2.24, 2.45) is 0 Å². The van der Waals surface area contributed by atoms with Crippen molar-refractivity contribution >= 4 is 22.6 Å². The molecule has 0 saturated heterocycles. The van der Waals surface area contributed by atoms with Crippen LogP contribution in [0.25, 0.3) is 10.9 Å². The van der Waals surface area contributed by atoms with E-state index in [-0.39, 0.29) is 36.6 Å². The highest BCUT2D eigenvalue weighted by molar-refractivity contribution is 5.99. The molecule has 2 N–H and O–H groups in total. The molecule has 2 aromatic carbocycles. The highest BCUT2D eigenvalue weighted by Gasteiger charge is 2.10.